The Morgan fingerprint density at radius 1 is 1.46 bits per heavy atom. The summed E-state index contributed by atoms with van der Waals surface area (Å²) in [7, 11) is 0. The predicted octanol–water partition coefficient (Wildman–Crippen LogP) is 3.02. The van der Waals surface area contributed by atoms with Crippen LogP contribution in [0.15, 0.2) is 26.9 Å². The number of nitrogens with zero attached hydrogens (tertiary/aromatic N) is 1. The van der Waals surface area contributed by atoms with Crippen LogP contribution in [0.25, 0.3) is 0 Å². The van der Waals surface area contributed by atoms with Crippen LogP contribution >= 0.6 is 38.6 Å². The summed E-state index contributed by atoms with van der Waals surface area (Å²) in [6, 6.07) is -0.0480. The molecule has 1 unspecified atom stereocenters. The zero-order valence-electron chi connectivity index (χ0n) is 6.61. The van der Waals surface area contributed by atoms with Gasteiger partial charge in [0.15, 0.2) is 0 Å². The lowest BCUT2D eigenvalue weighted by Gasteiger charge is -2.06. The Balaban J connectivity index is 2.33. The number of aromatic nitrogens is 1. The topological polar surface area (TPSA) is 38.9 Å². The molecule has 2 rings (SSSR count). The number of nitrogens with two attached hydrogens (primary N) is 1. The Morgan fingerprint density at radius 3 is 2.85 bits per heavy atom. The van der Waals surface area contributed by atoms with Gasteiger partial charge in [0.2, 0.25) is 0 Å². The molecule has 0 saturated carbocycles. The SMILES string of the molecule is NC(c1cncs1)c1cscc1Br. The van der Waals surface area contributed by atoms with Crippen LogP contribution in [-0.4, -0.2) is 4.98 Å². The van der Waals surface area contributed by atoms with E-state index in [0.29, 0.717) is 0 Å². The van der Waals surface area contributed by atoms with E-state index in [4.69, 9.17) is 5.73 Å². The van der Waals surface area contributed by atoms with Crippen molar-refractivity contribution in [3.8, 4) is 0 Å². The average molecular weight is 275 g/mol. The third-order valence-electron chi connectivity index (χ3n) is 1.74. The predicted molar refractivity (Wildman–Crippen MR) is 60.2 cm³/mol. The highest BCUT2D eigenvalue weighted by atomic mass is 79.9. The van der Waals surface area contributed by atoms with Crippen molar-refractivity contribution in [2.24, 2.45) is 5.73 Å². The van der Waals surface area contributed by atoms with Gasteiger partial charge in [-0.05, 0) is 26.9 Å². The van der Waals surface area contributed by atoms with Crippen molar-refractivity contribution in [3.05, 3.63) is 37.4 Å². The molecule has 0 bridgehead atoms. The van der Waals surface area contributed by atoms with E-state index in [-0.39, 0.29) is 6.04 Å². The van der Waals surface area contributed by atoms with Gasteiger partial charge in [-0.25, -0.2) is 0 Å². The molecule has 2 heterocycles. The quantitative estimate of drug-likeness (QED) is 0.915. The van der Waals surface area contributed by atoms with Crippen molar-refractivity contribution in [2.75, 3.05) is 0 Å². The molecule has 0 aliphatic rings. The molecule has 0 fully saturated rings. The van der Waals surface area contributed by atoms with Crippen molar-refractivity contribution >= 4 is 38.6 Å². The van der Waals surface area contributed by atoms with E-state index in [9.17, 15) is 0 Å². The molecular formula is C8H7BrN2S2. The molecule has 0 aliphatic carbocycles. The lowest BCUT2D eigenvalue weighted by Crippen LogP contribution is -2.09. The summed E-state index contributed by atoms with van der Waals surface area (Å²) in [6.45, 7) is 0. The second-order valence-corrected chi connectivity index (χ2v) is 5.07. The number of thiophene rings is 1. The lowest BCUT2D eigenvalue weighted by molar-refractivity contribution is 0.890. The number of hydrogen-bond acceptors (Lipinski definition) is 4. The van der Waals surface area contributed by atoms with Crippen molar-refractivity contribution < 1.29 is 0 Å². The van der Waals surface area contributed by atoms with E-state index in [1.807, 2.05) is 11.6 Å². The van der Waals surface area contributed by atoms with Crippen LogP contribution in [-0.2, 0) is 0 Å². The number of hydrogen-bond donors (Lipinski definition) is 1. The molecule has 2 aromatic rings. The highest BCUT2D eigenvalue weighted by molar-refractivity contribution is 9.10. The van der Waals surface area contributed by atoms with Gasteiger partial charge in [0, 0.05) is 20.9 Å². The summed E-state index contributed by atoms with van der Waals surface area (Å²) in [5.41, 5.74) is 8.99. The number of halogens is 1. The summed E-state index contributed by atoms with van der Waals surface area (Å²) in [6.07, 6.45) is 1.82. The number of thiazole rings is 1. The standard InChI is InChI=1S/C8H7BrN2S2/c9-6-3-12-2-5(6)8(10)7-1-11-4-13-7/h1-4,8H,10H2. The summed E-state index contributed by atoms with van der Waals surface area (Å²) >= 11 is 6.70. The minimum Gasteiger partial charge on any atom is -0.319 e. The third-order valence-corrected chi connectivity index (χ3v) is 4.35. The first-order valence-corrected chi connectivity index (χ1v) is 6.26. The first-order valence-electron chi connectivity index (χ1n) is 3.64. The molecule has 13 heavy (non-hydrogen) atoms. The minimum absolute atomic E-state index is 0.0480. The van der Waals surface area contributed by atoms with Crippen molar-refractivity contribution in [1.82, 2.24) is 4.98 Å². The van der Waals surface area contributed by atoms with Crippen LogP contribution in [0.2, 0.25) is 0 Å². The van der Waals surface area contributed by atoms with Gasteiger partial charge in [-0.15, -0.1) is 11.3 Å². The minimum atomic E-state index is -0.0480. The van der Waals surface area contributed by atoms with Crippen molar-refractivity contribution in [1.29, 1.82) is 0 Å². The molecular weight excluding hydrogens is 268 g/mol. The molecule has 1 atom stereocenters. The Hall–Kier alpha value is -0.230. The van der Waals surface area contributed by atoms with Crippen LogP contribution in [0.3, 0.4) is 0 Å². The summed E-state index contributed by atoms with van der Waals surface area (Å²) in [5, 5.41) is 4.10. The van der Waals surface area contributed by atoms with Crippen LogP contribution in [0, 0.1) is 0 Å². The van der Waals surface area contributed by atoms with Crippen LogP contribution < -0.4 is 5.73 Å². The van der Waals surface area contributed by atoms with Crippen LogP contribution in [0.4, 0.5) is 0 Å². The summed E-state index contributed by atoms with van der Waals surface area (Å²) < 4.78 is 1.08. The fourth-order valence-electron chi connectivity index (χ4n) is 1.05. The molecule has 0 radical (unpaired) electrons. The van der Waals surface area contributed by atoms with Gasteiger partial charge in [-0.1, -0.05) is 0 Å². The maximum Gasteiger partial charge on any atom is 0.0794 e. The zero-order valence-corrected chi connectivity index (χ0v) is 9.82. The zero-order chi connectivity index (χ0) is 9.26. The fraction of sp³-hybridized carbons (Fsp3) is 0.125. The number of rotatable bonds is 2. The van der Waals surface area contributed by atoms with Gasteiger partial charge in [-0.2, -0.15) is 11.3 Å². The van der Waals surface area contributed by atoms with Crippen LogP contribution in [0.5, 0.6) is 0 Å². The monoisotopic (exact) mass is 274 g/mol. The molecule has 0 spiro atoms. The molecule has 2 N–H and O–H groups in total. The van der Waals surface area contributed by atoms with Gasteiger partial charge < -0.3 is 5.73 Å². The van der Waals surface area contributed by atoms with Gasteiger partial charge in [0.05, 0.1) is 11.6 Å². The average Bonchev–Trinajstić information content (AvgIpc) is 2.72. The normalized spacial score (nSPS) is 13.1. The highest BCUT2D eigenvalue weighted by Crippen LogP contribution is 2.31. The maximum absolute atomic E-state index is 6.05. The van der Waals surface area contributed by atoms with Gasteiger partial charge in [-0.3, -0.25) is 4.98 Å². The second kappa shape index (κ2) is 3.88. The largest absolute Gasteiger partial charge is 0.319 e. The summed E-state index contributed by atoms with van der Waals surface area (Å²) in [5.74, 6) is 0. The molecule has 0 aliphatic heterocycles. The molecule has 0 aromatic carbocycles. The van der Waals surface area contributed by atoms with Crippen LogP contribution in [0.1, 0.15) is 16.5 Å². The lowest BCUT2D eigenvalue weighted by atomic mass is 10.1. The van der Waals surface area contributed by atoms with Gasteiger partial charge in [0.25, 0.3) is 0 Å². The highest BCUT2D eigenvalue weighted by Gasteiger charge is 2.13. The molecule has 2 aromatic heterocycles. The summed E-state index contributed by atoms with van der Waals surface area (Å²) in [4.78, 5) is 5.11. The fourth-order valence-corrected chi connectivity index (χ4v) is 3.26. The first kappa shape index (κ1) is 9.33. The second-order valence-electron chi connectivity index (χ2n) is 2.56. The third kappa shape index (κ3) is 1.83. The van der Waals surface area contributed by atoms with E-state index in [1.54, 1.807) is 28.2 Å². The molecule has 0 saturated heterocycles. The van der Waals surface area contributed by atoms with E-state index < -0.39 is 0 Å². The van der Waals surface area contributed by atoms with E-state index in [1.165, 1.54) is 0 Å². The van der Waals surface area contributed by atoms with E-state index in [0.717, 1.165) is 14.9 Å². The first-order chi connectivity index (χ1) is 6.29. The Kier molecular flexibility index (Phi) is 2.78. The van der Waals surface area contributed by atoms with Gasteiger partial charge >= 0.3 is 0 Å². The van der Waals surface area contributed by atoms with Crippen molar-refractivity contribution in [3.63, 3.8) is 0 Å². The van der Waals surface area contributed by atoms with Gasteiger partial charge in [0.1, 0.15) is 0 Å². The molecule has 0 amide bonds. The molecule has 5 heteroatoms. The maximum atomic E-state index is 6.05. The van der Waals surface area contributed by atoms with Crippen molar-refractivity contribution in [2.45, 2.75) is 6.04 Å². The molecule has 2 nitrogen and oxygen atoms in total. The smallest absolute Gasteiger partial charge is 0.0794 e. The Bertz CT molecular complexity index is 383. The Labute approximate surface area is 92.6 Å². The molecule has 68 valence electrons. The van der Waals surface area contributed by atoms with E-state index in [2.05, 4.69) is 26.3 Å². The Morgan fingerprint density at radius 2 is 2.31 bits per heavy atom. The van der Waals surface area contributed by atoms with E-state index >= 15 is 0 Å².